The van der Waals surface area contributed by atoms with Gasteiger partial charge in [0.05, 0.1) is 17.6 Å². The van der Waals surface area contributed by atoms with E-state index >= 15 is 0 Å². The Kier molecular flexibility index (Phi) is 4.24. The first-order valence-electron chi connectivity index (χ1n) is 9.95. The maximum absolute atomic E-state index is 13.1. The molecule has 3 aromatic rings. The molecule has 5 rings (SSSR count). The molecule has 1 saturated carbocycles. The molecule has 0 bridgehead atoms. The van der Waals surface area contributed by atoms with Crippen molar-refractivity contribution >= 4 is 5.91 Å². The molecule has 5 nitrogen and oxygen atoms in total. The fraction of sp³-hybridized carbons (Fsp3) is 0.304. The first kappa shape index (κ1) is 17.2. The molecule has 2 fully saturated rings. The third-order valence-corrected chi connectivity index (χ3v) is 6.25. The summed E-state index contributed by atoms with van der Waals surface area (Å²) in [5.41, 5.74) is 9.94. The summed E-state index contributed by atoms with van der Waals surface area (Å²) in [5.74, 6) is 1.12. The molecule has 2 aromatic carbocycles. The van der Waals surface area contributed by atoms with E-state index in [4.69, 9.17) is 5.73 Å². The summed E-state index contributed by atoms with van der Waals surface area (Å²) in [6.07, 6.45) is 4.03. The molecule has 2 heterocycles. The molecule has 0 radical (unpaired) electrons. The molecule has 1 amide bonds. The van der Waals surface area contributed by atoms with Gasteiger partial charge in [-0.25, -0.2) is 4.68 Å². The second-order valence-corrected chi connectivity index (χ2v) is 7.92. The molecule has 0 spiro atoms. The highest BCUT2D eigenvalue weighted by molar-refractivity contribution is 5.95. The summed E-state index contributed by atoms with van der Waals surface area (Å²) in [6, 6.07) is 20.2. The summed E-state index contributed by atoms with van der Waals surface area (Å²) < 4.78 is 1.89. The molecular weight excluding hydrogens is 348 g/mol. The maximum atomic E-state index is 13.1. The van der Waals surface area contributed by atoms with Gasteiger partial charge in [-0.3, -0.25) is 4.79 Å². The average Bonchev–Trinajstić information content (AvgIpc) is 3.46. The molecule has 28 heavy (non-hydrogen) atoms. The summed E-state index contributed by atoms with van der Waals surface area (Å²) in [7, 11) is 0. The fourth-order valence-electron chi connectivity index (χ4n) is 4.76. The van der Waals surface area contributed by atoms with Gasteiger partial charge in [-0.05, 0) is 48.9 Å². The number of amides is 1. The summed E-state index contributed by atoms with van der Waals surface area (Å²) in [5, 5.41) is 4.49. The molecule has 1 saturated heterocycles. The number of benzene rings is 2. The van der Waals surface area contributed by atoms with E-state index in [2.05, 4.69) is 17.2 Å². The van der Waals surface area contributed by atoms with Crippen LogP contribution in [0.15, 0.2) is 66.9 Å². The fourth-order valence-corrected chi connectivity index (χ4v) is 4.76. The van der Waals surface area contributed by atoms with E-state index in [-0.39, 0.29) is 11.9 Å². The van der Waals surface area contributed by atoms with Crippen LogP contribution in [-0.2, 0) is 0 Å². The van der Waals surface area contributed by atoms with Crippen LogP contribution in [0.5, 0.6) is 0 Å². The van der Waals surface area contributed by atoms with Gasteiger partial charge in [0.1, 0.15) is 0 Å². The third-order valence-electron chi connectivity index (χ3n) is 6.25. The number of carbonyl (C=O) groups excluding carboxylic acids is 1. The molecular formula is C23H24N4O. The van der Waals surface area contributed by atoms with Crippen molar-refractivity contribution in [1.82, 2.24) is 14.7 Å². The van der Waals surface area contributed by atoms with Crippen LogP contribution in [0, 0.1) is 11.8 Å². The standard InChI is InChI=1S/C23H24N4O/c24-21-10-9-18-14-26(15-20(18)21)23(28)17-7-4-8-19(13-17)27-22(11-12-25-27)16-5-2-1-3-6-16/h1-8,11-13,18,20-21H,9-10,14-15,24H2. The molecule has 3 unspecified atom stereocenters. The van der Waals surface area contributed by atoms with Crippen molar-refractivity contribution in [2.75, 3.05) is 13.1 Å². The second kappa shape index (κ2) is 6.91. The first-order chi connectivity index (χ1) is 13.7. The number of aromatic nitrogens is 2. The number of nitrogens with two attached hydrogens (primary N) is 1. The van der Waals surface area contributed by atoms with E-state index in [0.717, 1.165) is 42.9 Å². The smallest absolute Gasteiger partial charge is 0.253 e. The highest BCUT2D eigenvalue weighted by Crippen LogP contribution is 2.37. The van der Waals surface area contributed by atoms with Gasteiger partial charge < -0.3 is 10.6 Å². The van der Waals surface area contributed by atoms with Crippen molar-refractivity contribution in [3.63, 3.8) is 0 Å². The van der Waals surface area contributed by atoms with E-state index in [1.807, 2.05) is 58.1 Å². The van der Waals surface area contributed by atoms with E-state index in [0.29, 0.717) is 17.4 Å². The lowest BCUT2D eigenvalue weighted by molar-refractivity contribution is 0.0779. The Morgan fingerprint density at radius 1 is 1.00 bits per heavy atom. The van der Waals surface area contributed by atoms with Crippen LogP contribution in [-0.4, -0.2) is 39.7 Å². The van der Waals surface area contributed by atoms with Gasteiger partial charge >= 0.3 is 0 Å². The van der Waals surface area contributed by atoms with Crippen LogP contribution >= 0.6 is 0 Å². The SMILES string of the molecule is NC1CCC2CN(C(=O)c3cccc(-n4nccc4-c4ccccc4)c3)CC12. The Labute approximate surface area is 164 Å². The quantitative estimate of drug-likeness (QED) is 0.767. The Bertz CT molecular complexity index is 997. The largest absolute Gasteiger partial charge is 0.338 e. The molecule has 5 heteroatoms. The summed E-state index contributed by atoms with van der Waals surface area (Å²) >= 11 is 0. The Morgan fingerprint density at radius 3 is 2.68 bits per heavy atom. The molecule has 1 aromatic heterocycles. The predicted molar refractivity (Wildman–Crippen MR) is 109 cm³/mol. The Morgan fingerprint density at radius 2 is 1.86 bits per heavy atom. The minimum Gasteiger partial charge on any atom is -0.338 e. The molecule has 3 atom stereocenters. The highest BCUT2D eigenvalue weighted by Gasteiger charge is 2.42. The van der Waals surface area contributed by atoms with Crippen LogP contribution < -0.4 is 5.73 Å². The first-order valence-corrected chi connectivity index (χ1v) is 9.95. The predicted octanol–water partition coefficient (Wildman–Crippen LogP) is 3.35. The average molecular weight is 372 g/mol. The van der Waals surface area contributed by atoms with Crippen LogP contribution in [0.25, 0.3) is 16.9 Å². The van der Waals surface area contributed by atoms with Crippen molar-refractivity contribution in [2.24, 2.45) is 17.6 Å². The Hall–Kier alpha value is -2.92. The van der Waals surface area contributed by atoms with Crippen LogP contribution in [0.2, 0.25) is 0 Å². The maximum Gasteiger partial charge on any atom is 0.253 e. The number of carbonyl (C=O) groups is 1. The number of fused-ring (bicyclic) bond motifs is 1. The highest BCUT2D eigenvalue weighted by atomic mass is 16.2. The monoisotopic (exact) mass is 372 g/mol. The normalized spacial score (nSPS) is 23.8. The minimum absolute atomic E-state index is 0.0943. The summed E-state index contributed by atoms with van der Waals surface area (Å²) in [4.78, 5) is 15.1. The van der Waals surface area contributed by atoms with Crippen molar-refractivity contribution < 1.29 is 4.79 Å². The number of hydrogen-bond donors (Lipinski definition) is 1. The zero-order chi connectivity index (χ0) is 19.1. The second-order valence-electron chi connectivity index (χ2n) is 7.92. The van der Waals surface area contributed by atoms with E-state index in [1.165, 1.54) is 0 Å². The topological polar surface area (TPSA) is 64.2 Å². The van der Waals surface area contributed by atoms with E-state index < -0.39 is 0 Å². The van der Waals surface area contributed by atoms with Crippen molar-refractivity contribution in [3.8, 4) is 16.9 Å². The molecule has 2 aliphatic rings. The van der Waals surface area contributed by atoms with Crippen LogP contribution in [0.4, 0.5) is 0 Å². The lowest BCUT2D eigenvalue weighted by Crippen LogP contribution is -2.33. The number of likely N-dealkylation sites (tertiary alicyclic amines) is 1. The van der Waals surface area contributed by atoms with Crippen LogP contribution in [0.1, 0.15) is 23.2 Å². The van der Waals surface area contributed by atoms with Crippen LogP contribution in [0.3, 0.4) is 0 Å². The van der Waals surface area contributed by atoms with E-state index in [1.54, 1.807) is 6.20 Å². The van der Waals surface area contributed by atoms with Crippen molar-refractivity contribution in [3.05, 3.63) is 72.4 Å². The van der Waals surface area contributed by atoms with Gasteiger partial charge in [0, 0.05) is 30.3 Å². The zero-order valence-corrected chi connectivity index (χ0v) is 15.7. The molecule has 1 aliphatic carbocycles. The number of hydrogen-bond acceptors (Lipinski definition) is 3. The minimum atomic E-state index is 0.0943. The van der Waals surface area contributed by atoms with Gasteiger partial charge in [-0.15, -0.1) is 0 Å². The van der Waals surface area contributed by atoms with Gasteiger partial charge in [-0.1, -0.05) is 36.4 Å². The molecule has 2 N–H and O–H groups in total. The van der Waals surface area contributed by atoms with Gasteiger partial charge in [0.25, 0.3) is 5.91 Å². The van der Waals surface area contributed by atoms with Crippen molar-refractivity contribution in [1.29, 1.82) is 0 Å². The third kappa shape index (κ3) is 2.92. The summed E-state index contributed by atoms with van der Waals surface area (Å²) in [6.45, 7) is 1.62. The number of rotatable bonds is 3. The molecule has 142 valence electrons. The van der Waals surface area contributed by atoms with Gasteiger partial charge in [-0.2, -0.15) is 5.10 Å². The van der Waals surface area contributed by atoms with Gasteiger partial charge in [0.15, 0.2) is 0 Å². The zero-order valence-electron chi connectivity index (χ0n) is 15.7. The lowest BCUT2D eigenvalue weighted by Gasteiger charge is -2.19. The lowest BCUT2D eigenvalue weighted by atomic mass is 9.98. The van der Waals surface area contributed by atoms with Crippen molar-refractivity contribution in [2.45, 2.75) is 18.9 Å². The molecule has 1 aliphatic heterocycles. The van der Waals surface area contributed by atoms with Gasteiger partial charge in [0.2, 0.25) is 0 Å². The number of nitrogens with zero attached hydrogens (tertiary/aromatic N) is 3. The Balaban J connectivity index is 1.42. The van der Waals surface area contributed by atoms with E-state index in [9.17, 15) is 4.79 Å².